The van der Waals surface area contributed by atoms with E-state index in [9.17, 15) is 0 Å². The van der Waals surface area contributed by atoms with E-state index >= 15 is 0 Å². The molecule has 0 aliphatic carbocycles. The summed E-state index contributed by atoms with van der Waals surface area (Å²) in [6.45, 7) is 8.08. The minimum atomic E-state index is 0.797. The zero-order chi connectivity index (χ0) is 9.94. The third-order valence-corrected chi connectivity index (χ3v) is 2.65. The Morgan fingerprint density at radius 3 is 2.15 bits per heavy atom. The SMILES string of the molecule is CCCCCCN(CC)CCCCl. The van der Waals surface area contributed by atoms with Gasteiger partial charge in [0.05, 0.1) is 0 Å². The molecule has 0 aliphatic heterocycles. The summed E-state index contributed by atoms with van der Waals surface area (Å²) < 4.78 is 0. The molecule has 0 aliphatic rings. The van der Waals surface area contributed by atoms with Gasteiger partial charge in [-0.25, -0.2) is 0 Å². The summed E-state index contributed by atoms with van der Waals surface area (Å²) in [4.78, 5) is 2.50. The monoisotopic (exact) mass is 205 g/mol. The van der Waals surface area contributed by atoms with Gasteiger partial charge in [0.15, 0.2) is 0 Å². The smallest absolute Gasteiger partial charge is 0.0235 e. The average Bonchev–Trinajstić information content (AvgIpc) is 2.17. The number of alkyl halides is 1. The van der Waals surface area contributed by atoms with E-state index in [2.05, 4.69) is 18.7 Å². The van der Waals surface area contributed by atoms with Crippen LogP contribution in [0.1, 0.15) is 46.0 Å². The van der Waals surface area contributed by atoms with Crippen molar-refractivity contribution in [1.82, 2.24) is 4.90 Å². The Morgan fingerprint density at radius 2 is 1.62 bits per heavy atom. The van der Waals surface area contributed by atoms with Crippen LogP contribution in [-0.4, -0.2) is 30.4 Å². The van der Waals surface area contributed by atoms with E-state index in [0.29, 0.717) is 0 Å². The molecule has 0 spiro atoms. The van der Waals surface area contributed by atoms with Crippen molar-refractivity contribution in [3.8, 4) is 0 Å². The Kier molecular flexibility index (Phi) is 10.5. The largest absolute Gasteiger partial charge is 0.304 e. The van der Waals surface area contributed by atoms with Crippen molar-refractivity contribution in [2.24, 2.45) is 0 Å². The summed E-state index contributed by atoms with van der Waals surface area (Å²) in [6.07, 6.45) is 6.57. The van der Waals surface area contributed by atoms with Crippen molar-refractivity contribution in [1.29, 1.82) is 0 Å². The second kappa shape index (κ2) is 10.3. The van der Waals surface area contributed by atoms with Gasteiger partial charge in [-0.1, -0.05) is 33.1 Å². The fourth-order valence-corrected chi connectivity index (χ4v) is 1.59. The van der Waals surface area contributed by atoms with Gasteiger partial charge in [-0.05, 0) is 32.5 Å². The molecule has 0 fully saturated rings. The molecule has 0 unspecified atom stereocenters. The van der Waals surface area contributed by atoms with Gasteiger partial charge in [-0.3, -0.25) is 0 Å². The molecule has 0 saturated heterocycles. The summed E-state index contributed by atoms with van der Waals surface area (Å²) >= 11 is 5.66. The van der Waals surface area contributed by atoms with Crippen LogP contribution in [0, 0.1) is 0 Å². The molecule has 0 atom stereocenters. The fourth-order valence-electron chi connectivity index (χ4n) is 1.47. The fraction of sp³-hybridized carbons (Fsp3) is 1.00. The summed E-state index contributed by atoms with van der Waals surface area (Å²) in [7, 11) is 0. The minimum Gasteiger partial charge on any atom is -0.304 e. The first kappa shape index (κ1) is 13.2. The Balaban J connectivity index is 3.25. The van der Waals surface area contributed by atoms with Crippen LogP contribution in [-0.2, 0) is 0 Å². The molecule has 80 valence electrons. The van der Waals surface area contributed by atoms with E-state index in [1.54, 1.807) is 0 Å². The first-order valence-electron chi connectivity index (χ1n) is 5.63. The van der Waals surface area contributed by atoms with Gasteiger partial charge in [0.25, 0.3) is 0 Å². The highest BCUT2D eigenvalue weighted by Gasteiger charge is 2.00. The minimum absolute atomic E-state index is 0.797. The highest BCUT2D eigenvalue weighted by Crippen LogP contribution is 2.02. The van der Waals surface area contributed by atoms with E-state index in [-0.39, 0.29) is 0 Å². The highest BCUT2D eigenvalue weighted by molar-refractivity contribution is 6.17. The van der Waals surface area contributed by atoms with E-state index in [1.807, 2.05) is 0 Å². The van der Waals surface area contributed by atoms with Gasteiger partial charge >= 0.3 is 0 Å². The molecule has 0 aromatic carbocycles. The van der Waals surface area contributed by atoms with Crippen LogP contribution in [0.4, 0.5) is 0 Å². The number of hydrogen-bond acceptors (Lipinski definition) is 1. The number of hydrogen-bond donors (Lipinski definition) is 0. The molecule has 0 bridgehead atoms. The third-order valence-electron chi connectivity index (χ3n) is 2.38. The lowest BCUT2D eigenvalue weighted by atomic mass is 10.2. The van der Waals surface area contributed by atoms with Gasteiger partial charge in [0.2, 0.25) is 0 Å². The third kappa shape index (κ3) is 8.58. The molecule has 13 heavy (non-hydrogen) atoms. The van der Waals surface area contributed by atoms with Crippen molar-refractivity contribution in [3.05, 3.63) is 0 Å². The van der Waals surface area contributed by atoms with Crippen LogP contribution in [0.15, 0.2) is 0 Å². The standard InChI is InChI=1S/C11H24ClN/c1-3-5-6-7-10-13(4-2)11-8-9-12/h3-11H2,1-2H3. The van der Waals surface area contributed by atoms with E-state index in [0.717, 1.165) is 12.3 Å². The number of nitrogens with zero attached hydrogens (tertiary/aromatic N) is 1. The van der Waals surface area contributed by atoms with Gasteiger partial charge < -0.3 is 4.90 Å². The average molecular weight is 206 g/mol. The van der Waals surface area contributed by atoms with E-state index in [4.69, 9.17) is 11.6 Å². The summed E-state index contributed by atoms with van der Waals surface area (Å²) in [5.74, 6) is 0.797. The number of rotatable bonds is 9. The lowest BCUT2D eigenvalue weighted by Crippen LogP contribution is -2.25. The number of halogens is 1. The molecule has 0 rings (SSSR count). The van der Waals surface area contributed by atoms with Crippen molar-refractivity contribution in [2.45, 2.75) is 46.0 Å². The van der Waals surface area contributed by atoms with Gasteiger partial charge in [0.1, 0.15) is 0 Å². The zero-order valence-electron chi connectivity index (χ0n) is 9.19. The molecule has 1 nitrogen and oxygen atoms in total. The van der Waals surface area contributed by atoms with Crippen LogP contribution in [0.3, 0.4) is 0 Å². The van der Waals surface area contributed by atoms with Gasteiger partial charge in [-0.15, -0.1) is 11.6 Å². The molecule has 0 heterocycles. The molecule has 2 heteroatoms. The predicted octanol–water partition coefficient (Wildman–Crippen LogP) is 3.52. The van der Waals surface area contributed by atoms with Crippen molar-refractivity contribution in [3.63, 3.8) is 0 Å². The lowest BCUT2D eigenvalue weighted by Gasteiger charge is -2.19. The first-order valence-corrected chi connectivity index (χ1v) is 6.16. The molecular formula is C11H24ClN. The predicted molar refractivity (Wildman–Crippen MR) is 61.6 cm³/mol. The summed E-state index contributed by atoms with van der Waals surface area (Å²) in [5.41, 5.74) is 0. The van der Waals surface area contributed by atoms with Crippen molar-refractivity contribution in [2.75, 3.05) is 25.5 Å². The van der Waals surface area contributed by atoms with E-state index in [1.165, 1.54) is 45.3 Å². The molecular weight excluding hydrogens is 182 g/mol. The second-order valence-electron chi connectivity index (χ2n) is 3.54. The highest BCUT2D eigenvalue weighted by atomic mass is 35.5. The maximum Gasteiger partial charge on any atom is 0.0235 e. The number of unbranched alkanes of at least 4 members (excludes halogenated alkanes) is 3. The van der Waals surface area contributed by atoms with Gasteiger partial charge in [0, 0.05) is 5.88 Å². The van der Waals surface area contributed by atoms with Crippen LogP contribution in [0.5, 0.6) is 0 Å². The topological polar surface area (TPSA) is 3.24 Å². The maximum atomic E-state index is 5.66. The lowest BCUT2D eigenvalue weighted by molar-refractivity contribution is 0.282. The Labute approximate surface area is 88.5 Å². The van der Waals surface area contributed by atoms with Crippen molar-refractivity contribution >= 4 is 11.6 Å². The zero-order valence-corrected chi connectivity index (χ0v) is 9.95. The second-order valence-corrected chi connectivity index (χ2v) is 3.92. The van der Waals surface area contributed by atoms with Crippen LogP contribution < -0.4 is 0 Å². The van der Waals surface area contributed by atoms with E-state index < -0.39 is 0 Å². The Hall–Kier alpha value is 0.250. The van der Waals surface area contributed by atoms with Gasteiger partial charge in [-0.2, -0.15) is 0 Å². The summed E-state index contributed by atoms with van der Waals surface area (Å²) in [6, 6.07) is 0. The Morgan fingerprint density at radius 1 is 0.923 bits per heavy atom. The first-order chi connectivity index (χ1) is 6.35. The molecule has 0 aromatic heterocycles. The molecule has 0 amide bonds. The molecule has 0 aromatic rings. The van der Waals surface area contributed by atoms with Crippen molar-refractivity contribution < 1.29 is 0 Å². The summed E-state index contributed by atoms with van der Waals surface area (Å²) in [5, 5.41) is 0. The molecule has 0 saturated carbocycles. The van der Waals surface area contributed by atoms with Crippen LogP contribution in [0.25, 0.3) is 0 Å². The quantitative estimate of drug-likeness (QED) is 0.411. The molecule has 0 N–H and O–H groups in total. The normalized spacial score (nSPS) is 11.1. The maximum absolute atomic E-state index is 5.66. The molecule has 0 radical (unpaired) electrons. The Bertz CT molecular complexity index is 96.1. The van der Waals surface area contributed by atoms with Crippen LogP contribution >= 0.6 is 11.6 Å². The van der Waals surface area contributed by atoms with Crippen LogP contribution in [0.2, 0.25) is 0 Å².